The Labute approximate surface area is 264 Å². The van der Waals surface area contributed by atoms with Crippen molar-refractivity contribution in [2.24, 2.45) is 11.7 Å². The number of carbonyl (C=O) groups is 3. The van der Waals surface area contributed by atoms with E-state index in [1.807, 2.05) is 20.8 Å². The van der Waals surface area contributed by atoms with E-state index >= 15 is 0 Å². The normalized spacial score (nSPS) is 12.8. The number of benzene rings is 1. The molecule has 1 atom stereocenters. The molecule has 2 amide bonds. The summed E-state index contributed by atoms with van der Waals surface area (Å²) in [6, 6.07) is 4.11. The number of fused-ring (bicyclic) bond motifs is 1. The second kappa shape index (κ2) is 19.1. The third-order valence-corrected chi connectivity index (χ3v) is 7.17. The Bertz CT molecular complexity index is 1320. The third-order valence-electron chi connectivity index (χ3n) is 6.88. The molecule has 0 aliphatic carbocycles. The smallest absolute Gasteiger partial charge is 0.294 e. The van der Waals surface area contributed by atoms with Crippen LogP contribution < -0.4 is 11.3 Å². The van der Waals surface area contributed by atoms with Crippen LogP contribution in [-0.2, 0) is 29.0 Å². The van der Waals surface area contributed by atoms with Crippen LogP contribution >= 0.6 is 11.6 Å². The third kappa shape index (κ3) is 10.3. The summed E-state index contributed by atoms with van der Waals surface area (Å²) in [4.78, 5) is 53.5. The van der Waals surface area contributed by atoms with Gasteiger partial charge in [0.2, 0.25) is 0 Å². The van der Waals surface area contributed by atoms with Gasteiger partial charge in [-0.25, -0.2) is 4.39 Å². The molecule has 1 aromatic carbocycles. The quantitative estimate of drug-likeness (QED) is 0.313. The van der Waals surface area contributed by atoms with Crippen LogP contribution in [0.1, 0.15) is 92.8 Å². The summed E-state index contributed by atoms with van der Waals surface area (Å²) >= 11 is 5.86. The minimum atomic E-state index is -0.823. The number of aromatic hydroxyl groups is 1. The number of aromatic nitrogens is 1. The number of nitrogens with two attached hydrogens (primary N) is 1. The fraction of sp³-hybridized carbons (Fsp3) is 0.562. The number of rotatable bonds is 12. The molecule has 1 unspecified atom stereocenters. The number of pyridine rings is 1. The van der Waals surface area contributed by atoms with Crippen LogP contribution in [0.3, 0.4) is 0 Å². The van der Waals surface area contributed by atoms with Gasteiger partial charge in [0.25, 0.3) is 23.8 Å². The van der Waals surface area contributed by atoms with Crippen LogP contribution in [0.2, 0.25) is 5.02 Å². The summed E-state index contributed by atoms with van der Waals surface area (Å²) in [5.74, 6) is -1.64. The Morgan fingerprint density at radius 2 is 1.91 bits per heavy atom. The number of ether oxygens (including phenoxy) is 1. The zero-order valence-electron chi connectivity index (χ0n) is 27.0. The summed E-state index contributed by atoms with van der Waals surface area (Å²) in [6.45, 7) is 13.6. The van der Waals surface area contributed by atoms with Gasteiger partial charge in [-0.3, -0.25) is 19.2 Å². The highest BCUT2D eigenvalue weighted by atomic mass is 35.5. The van der Waals surface area contributed by atoms with E-state index < -0.39 is 35.0 Å². The number of amides is 2. The van der Waals surface area contributed by atoms with Crippen LogP contribution in [0.15, 0.2) is 23.0 Å². The molecule has 0 saturated carbocycles. The maximum Gasteiger partial charge on any atom is 0.294 e. The molecule has 1 aliphatic rings. The first-order chi connectivity index (χ1) is 20.9. The number of halogens is 2. The van der Waals surface area contributed by atoms with Gasteiger partial charge in [-0.15, -0.1) is 0 Å². The highest BCUT2D eigenvalue weighted by molar-refractivity contribution is 6.30. The van der Waals surface area contributed by atoms with Crippen molar-refractivity contribution in [1.29, 1.82) is 0 Å². The van der Waals surface area contributed by atoms with Gasteiger partial charge in [0.05, 0.1) is 17.1 Å². The summed E-state index contributed by atoms with van der Waals surface area (Å²) in [5.41, 5.74) is 5.11. The zero-order valence-corrected chi connectivity index (χ0v) is 27.7. The molecule has 10 nitrogen and oxygen atoms in total. The summed E-state index contributed by atoms with van der Waals surface area (Å²) in [6.07, 6.45) is 2.11. The van der Waals surface area contributed by atoms with E-state index in [9.17, 15) is 28.7 Å². The summed E-state index contributed by atoms with van der Waals surface area (Å²) in [7, 11) is 1.51. The second-order valence-corrected chi connectivity index (χ2v) is 11.2. The lowest BCUT2D eigenvalue weighted by atomic mass is 9.95. The van der Waals surface area contributed by atoms with Crippen LogP contribution in [0.4, 0.5) is 4.39 Å². The van der Waals surface area contributed by atoms with Gasteiger partial charge in [0.15, 0.2) is 5.75 Å². The minimum absolute atomic E-state index is 0.0416. The van der Waals surface area contributed by atoms with E-state index in [1.165, 1.54) is 39.6 Å². The molecule has 0 fully saturated rings. The molecule has 12 heteroatoms. The van der Waals surface area contributed by atoms with Crippen molar-refractivity contribution in [1.82, 2.24) is 14.4 Å². The minimum Gasteiger partial charge on any atom is -0.502 e. The van der Waals surface area contributed by atoms with Crippen LogP contribution in [0.25, 0.3) is 0 Å². The Kier molecular flexibility index (Phi) is 16.7. The van der Waals surface area contributed by atoms with Crippen molar-refractivity contribution in [2.75, 3.05) is 26.7 Å². The molecule has 1 aliphatic heterocycles. The Hall–Kier alpha value is -3.44. The predicted octanol–water partition coefficient (Wildman–Crippen LogP) is 5.00. The molecule has 0 saturated heterocycles. The standard InChI is InChI=1S/C25H29ClFN3O6.C5H13N.C2H6/c1-4-5-9-30-21(24(34)28(3)12-15(2)36-14-31)17-8-10-29(23(33)20(17)22(32)25(30)35)13-16-6-7-19(27)18(26)11-16;1-5(2)3-4-6;1-2/h6-7,11,14-15,32H,4-5,8-10,12-13H2,1-3H3;5H,3-4,6H2,1-2H3;1-2H3. The fourth-order valence-electron chi connectivity index (χ4n) is 4.64. The van der Waals surface area contributed by atoms with E-state index in [1.54, 1.807) is 6.92 Å². The van der Waals surface area contributed by atoms with Gasteiger partial charge in [-0.1, -0.05) is 58.7 Å². The molecule has 3 N–H and O–H groups in total. The maximum absolute atomic E-state index is 13.5. The fourth-order valence-corrected chi connectivity index (χ4v) is 4.85. The van der Waals surface area contributed by atoms with Crippen molar-refractivity contribution in [3.8, 4) is 5.75 Å². The number of likely N-dealkylation sites (N-methyl/N-ethyl adjacent to an activating group) is 1. The van der Waals surface area contributed by atoms with Crippen molar-refractivity contribution in [3.05, 3.63) is 61.8 Å². The van der Waals surface area contributed by atoms with Crippen LogP contribution in [0, 0.1) is 11.7 Å². The van der Waals surface area contributed by atoms with E-state index in [0.717, 1.165) is 25.3 Å². The molecule has 3 rings (SSSR count). The Balaban J connectivity index is 0.00000108. The van der Waals surface area contributed by atoms with E-state index in [2.05, 4.69) is 13.8 Å². The zero-order chi connectivity index (χ0) is 33.6. The lowest BCUT2D eigenvalue weighted by Crippen LogP contribution is -2.44. The lowest BCUT2D eigenvalue weighted by Gasteiger charge is -2.32. The number of hydrogen-bond acceptors (Lipinski definition) is 7. The summed E-state index contributed by atoms with van der Waals surface area (Å²) < 4.78 is 19.6. The van der Waals surface area contributed by atoms with Gasteiger partial charge in [0, 0.05) is 32.2 Å². The molecule has 2 heterocycles. The first-order valence-corrected chi connectivity index (χ1v) is 15.5. The molecular formula is C32H48ClFN4O6. The highest BCUT2D eigenvalue weighted by Gasteiger charge is 2.35. The van der Waals surface area contributed by atoms with Crippen molar-refractivity contribution in [3.63, 3.8) is 0 Å². The molecule has 0 radical (unpaired) electrons. The molecule has 0 bridgehead atoms. The average Bonchev–Trinajstić information content (AvgIpc) is 2.98. The van der Waals surface area contributed by atoms with Gasteiger partial charge in [-0.2, -0.15) is 0 Å². The first kappa shape index (κ1) is 38.6. The number of nitrogens with zero attached hydrogens (tertiary/aromatic N) is 3. The molecule has 1 aromatic heterocycles. The monoisotopic (exact) mass is 638 g/mol. The van der Waals surface area contributed by atoms with Crippen LogP contribution in [0.5, 0.6) is 5.75 Å². The topological polar surface area (TPSA) is 135 Å². The Morgan fingerprint density at radius 1 is 1.25 bits per heavy atom. The van der Waals surface area contributed by atoms with Gasteiger partial charge >= 0.3 is 0 Å². The van der Waals surface area contributed by atoms with Crippen LogP contribution in [-0.4, -0.2) is 70.5 Å². The second-order valence-electron chi connectivity index (χ2n) is 10.8. The SMILES string of the molecule is CC.CC(C)CCN.CCCCn1c(C(=O)N(C)CC(C)OC=O)c2c(c(O)c1=O)C(=O)N(Cc1ccc(F)c(Cl)c1)CC2. The van der Waals surface area contributed by atoms with Gasteiger partial charge in [0.1, 0.15) is 17.6 Å². The largest absolute Gasteiger partial charge is 0.502 e. The molecule has 44 heavy (non-hydrogen) atoms. The molecule has 246 valence electrons. The average molecular weight is 639 g/mol. The number of unbranched alkanes of at least 4 members (excludes halogenated alkanes) is 1. The number of carbonyl (C=O) groups excluding carboxylic acids is 3. The molecule has 2 aromatic rings. The lowest BCUT2D eigenvalue weighted by molar-refractivity contribution is -0.133. The Morgan fingerprint density at radius 3 is 2.43 bits per heavy atom. The predicted molar refractivity (Wildman–Crippen MR) is 171 cm³/mol. The van der Waals surface area contributed by atoms with Crippen molar-refractivity contribution >= 4 is 29.9 Å². The maximum atomic E-state index is 13.5. The van der Waals surface area contributed by atoms with E-state index in [-0.39, 0.29) is 48.9 Å². The molecular weight excluding hydrogens is 591 g/mol. The van der Waals surface area contributed by atoms with Crippen molar-refractivity contribution < 1.29 is 28.6 Å². The van der Waals surface area contributed by atoms with E-state index in [4.69, 9.17) is 22.1 Å². The first-order valence-electron chi connectivity index (χ1n) is 15.1. The van der Waals surface area contributed by atoms with E-state index in [0.29, 0.717) is 24.0 Å². The highest BCUT2D eigenvalue weighted by Crippen LogP contribution is 2.30. The van der Waals surface area contributed by atoms with Gasteiger partial charge < -0.3 is 29.9 Å². The molecule has 0 spiro atoms. The summed E-state index contributed by atoms with van der Waals surface area (Å²) in [5, 5.41) is 10.7. The number of hydrogen-bond donors (Lipinski definition) is 2. The van der Waals surface area contributed by atoms with Gasteiger partial charge in [-0.05, 0) is 56.3 Å². The van der Waals surface area contributed by atoms with Crippen molar-refractivity contribution in [2.45, 2.75) is 86.4 Å².